The quantitative estimate of drug-likeness (QED) is 0.850. The van der Waals surface area contributed by atoms with Gasteiger partial charge in [0.1, 0.15) is 0 Å². The molecule has 114 valence electrons. The van der Waals surface area contributed by atoms with Crippen LogP contribution in [0.1, 0.15) is 50.2 Å². The second-order valence-corrected chi connectivity index (χ2v) is 5.39. The van der Waals surface area contributed by atoms with Gasteiger partial charge < -0.3 is 5.32 Å². The lowest BCUT2D eigenvalue weighted by Gasteiger charge is -2.22. The Bertz CT molecular complexity index is 579. The fraction of sp³-hybridized carbons (Fsp3) is 0.500. The van der Waals surface area contributed by atoms with Crippen LogP contribution in [0.3, 0.4) is 0 Å². The van der Waals surface area contributed by atoms with E-state index in [1.807, 2.05) is 16.9 Å². The van der Waals surface area contributed by atoms with Crippen molar-refractivity contribution in [3.63, 3.8) is 0 Å². The van der Waals surface area contributed by atoms with Crippen molar-refractivity contribution in [3.05, 3.63) is 46.5 Å². The third-order valence-corrected chi connectivity index (χ3v) is 3.88. The molecule has 5 heteroatoms. The second kappa shape index (κ2) is 7.57. The van der Waals surface area contributed by atoms with E-state index < -0.39 is 0 Å². The van der Waals surface area contributed by atoms with Crippen LogP contribution in [0.5, 0.6) is 0 Å². The second-order valence-electron chi connectivity index (χ2n) is 4.98. The SMILES string of the molecule is CCCNC(c1ncccc1CC)c1c(Cl)cnn1CC. The average molecular weight is 307 g/mol. The zero-order chi connectivity index (χ0) is 15.2. The molecule has 0 saturated carbocycles. The highest BCUT2D eigenvalue weighted by molar-refractivity contribution is 6.31. The minimum atomic E-state index is -0.0175. The first-order valence-electron chi connectivity index (χ1n) is 7.61. The third-order valence-electron chi connectivity index (χ3n) is 3.59. The Morgan fingerprint density at radius 3 is 2.81 bits per heavy atom. The van der Waals surface area contributed by atoms with Crippen molar-refractivity contribution in [2.45, 2.75) is 46.2 Å². The van der Waals surface area contributed by atoms with Crippen molar-refractivity contribution < 1.29 is 0 Å². The van der Waals surface area contributed by atoms with E-state index in [1.54, 1.807) is 6.20 Å². The molecule has 1 atom stereocenters. The van der Waals surface area contributed by atoms with E-state index in [-0.39, 0.29) is 6.04 Å². The molecule has 0 fully saturated rings. The summed E-state index contributed by atoms with van der Waals surface area (Å²) in [5.41, 5.74) is 3.29. The van der Waals surface area contributed by atoms with Crippen LogP contribution in [0, 0.1) is 0 Å². The number of hydrogen-bond acceptors (Lipinski definition) is 3. The van der Waals surface area contributed by atoms with E-state index in [2.05, 4.69) is 42.2 Å². The van der Waals surface area contributed by atoms with Crippen LogP contribution in [-0.4, -0.2) is 21.3 Å². The first-order chi connectivity index (χ1) is 10.2. The van der Waals surface area contributed by atoms with Crippen LogP contribution in [0.4, 0.5) is 0 Å². The molecule has 2 aromatic rings. The van der Waals surface area contributed by atoms with Crippen molar-refractivity contribution in [2.75, 3.05) is 6.54 Å². The van der Waals surface area contributed by atoms with E-state index in [0.29, 0.717) is 5.02 Å². The summed E-state index contributed by atoms with van der Waals surface area (Å²) >= 11 is 6.39. The van der Waals surface area contributed by atoms with Crippen LogP contribution >= 0.6 is 11.6 Å². The van der Waals surface area contributed by atoms with Gasteiger partial charge in [0.05, 0.1) is 28.6 Å². The first-order valence-corrected chi connectivity index (χ1v) is 7.99. The summed E-state index contributed by atoms with van der Waals surface area (Å²) in [5, 5.41) is 8.62. The number of aryl methyl sites for hydroxylation is 2. The van der Waals surface area contributed by atoms with Crippen LogP contribution in [-0.2, 0) is 13.0 Å². The summed E-state index contributed by atoms with van der Waals surface area (Å²) in [7, 11) is 0. The Morgan fingerprint density at radius 2 is 2.14 bits per heavy atom. The van der Waals surface area contributed by atoms with Gasteiger partial charge in [0.15, 0.2) is 0 Å². The maximum atomic E-state index is 6.39. The highest BCUT2D eigenvalue weighted by Gasteiger charge is 2.24. The molecule has 2 heterocycles. The minimum absolute atomic E-state index is 0.0175. The molecule has 1 N–H and O–H groups in total. The normalized spacial score (nSPS) is 12.6. The van der Waals surface area contributed by atoms with Crippen molar-refractivity contribution in [1.29, 1.82) is 0 Å². The molecule has 0 aliphatic rings. The Morgan fingerprint density at radius 1 is 1.33 bits per heavy atom. The molecule has 0 radical (unpaired) electrons. The molecule has 1 unspecified atom stereocenters. The molecule has 0 saturated heterocycles. The number of nitrogens with one attached hydrogen (secondary N) is 1. The predicted octanol–water partition coefficient (Wildman–Crippen LogP) is 3.60. The van der Waals surface area contributed by atoms with Gasteiger partial charge in [0.2, 0.25) is 0 Å². The Kier molecular flexibility index (Phi) is 5.76. The largest absolute Gasteiger partial charge is 0.304 e. The molecule has 2 aromatic heterocycles. The number of nitrogens with zero attached hydrogens (tertiary/aromatic N) is 3. The fourth-order valence-electron chi connectivity index (χ4n) is 2.53. The third kappa shape index (κ3) is 3.44. The Hall–Kier alpha value is -1.39. The molecule has 0 aromatic carbocycles. The van der Waals surface area contributed by atoms with Crippen LogP contribution < -0.4 is 5.32 Å². The van der Waals surface area contributed by atoms with Crippen molar-refractivity contribution in [3.8, 4) is 0 Å². The van der Waals surface area contributed by atoms with Crippen LogP contribution in [0.15, 0.2) is 24.5 Å². The maximum Gasteiger partial charge on any atom is 0.0939 e. The molecule has 0 bridgehead atoms. The van der Waals surface area contributed by atoms with Gasteiger partial charge in [-0.1, -0.05) is 31.5 Å². The van der Waals surface area contributed by atoms with Crippen LogP contribution in [0.2, 0.25) is 5.02 Å². The van der Waals surface area contributed by atoms with E-state index in [4.69, 9.17) is 11.6 Å². The number of aromatic nitrogens is 3. The van der Waals surface area contributed by atoms with Gasteiger partial charge in [-0.15, -0.1) is 0 Å². The lowest BCUT2D eigenvalue weighted by Crippen LogP contribution is -2.27. The molecular formula is C16H23ClN4. The number of pyridine rings is 1. The van der Waals surface area contributed by atoms with Crippen molar-refractivity contribution in [2.24, 2.45) is 0 Å². The molecule has 0 amide bonds. The summed E-state index contributed by atoms with van der Waals surface area (Å²) in [6.45, 7) is 8.08. The molecule has 2 rings (SSSR count). The Labute approximate surface area is 131 Å². The number of rotatable bonds is 7. The molecule has 21 heavy (non-hydrogen) atoms. The average Bonchev–Trinajstić information content (AvgIpc) is 2.89. The summed E-state index contributed by atoms with van der Waals surface area (Å²) in [5.74, 6) is 0. The van der Waals surface area contributed by atoms with Gasteiger partial charge in [-0.25, -0.2) is 0 Å². The van der Waals surface area contributed by atoms with Gasteiger partial charge >= 0.3 is 0 Å². The summed E-state index contributed by atoms with van der Waals surface area (Å²) in [4.78, 5) is 4.61. The smallest absolute Gasteiger partial charge is 0.0939 e. The maximum absolute atomic E-state index is 6.39. The molecule has 0 aliphatic heterocycles. The summed E-state index contributed by atoms with van der Waals surface area (Å²) in [6, 6.07) is 4.10. The number of hydrogen-bond donors (Lipinski definition) is 1. The predicted molar refractivity (Wildman–Crippen MR) is 86.7 cm³/mol. The molecule has 0 spiro atoms. The zero-order valence-corrected chi connectivity index (χ0v) is 13.7. The molecular weight excluding hydrogens is 284 g/mol. The van der Waals surface area contributed by atoms with E-state index in [0.717, 1.165) is 37.3 Å². The molecule has 0 aliphatic carbocycles. The number of halogens is 1. The van der Waals surface area contributed by atoms with Gasteiger partial charge in [-0.2, -0.15) is 5.10 Å². The van der Waals surface area contributed by atoms with Gasteiger partial charge in [0, 0.05) is 12.7 Å². The van der Waals surface area contributed by atoms with Crippen molar-refractivity contribution >= 4 is 11.6 Å². The summed E-state index contributed by atoms with van der Waals surface area (Å²) in [6.07, 6.45) is 5.57. The van der Waals surface area contributed by atoms with Gasteiger partial charge in [-0.05, 0) is 37.9 Å². The minimum Gasteiger partial charge on any atom is -0.304 e. The fourth-order valence-corrected chi connectivity index (χ4v) is 2.78. The van der Waals surface area contributed by atoms with E-state index >= 15 is 0 Å². The first kappa shape index (κ1) is 16.0. The van der Waals surface area contributed by atoms with E-state index in [1.165, 1.54) is 5.56 Å². The topological polar surface area (TPSA) is 42.7 Å². The Balaban J connectivity index is 2.50. The highest BCUT2D eigenvalue weighted by atomic mass is 35.5. The standard InChI is InChI=1S/C16H23ClN4/c1-4-9-18-15(14-12(5-2)8-7-10-19-14)16-13(17)11-20-21(16)6-3/h7-8,10-11,15,18H,4-6,9H2,1-3H3. The monoisotopic (exact) mass is 306 g/mol. The summed E-state index contributed by atoms with van der Waals surface area (Å²) < 4.78 is 1.95. The van der Waals surface area contributed by atoms with Gasteiger partial charge in [0.25, 0.3) is 0 Å². The molecule has 4 nitrogen and oxygen atoms in total. The van der Waals surface area contributed by atoms with Crippen molar-refractivity contribution in [1.82, 2.24) is 20.1 Å². The zero-order valence-electron chi connectivity index (χ0n) is 12.9. The highest BCUT2D eigenvalue weighted by Crippen LogP contribution is 2.29. The lowest BCUT2D eigenvalue weighted by molar-refractivity contribution is 0.519. The van der Waals surface area contributed by atoms with Crippen LogP contribution in [0.25, 0.3) is 0 Å². The van der Waals surface area contributed by atoms with E-state index in [9.17, 15) is 0 Å². The lowest BCUT2D eigenvalue weighted by atomic mass is 10.0. The van der Waals surface area contributed by atoms with Gasteiger partial charge in [-0.3, -0.25) is 9.67 Å².